The van der Waals surface area contributed by atoms with E-state index in [9.17, 15) is 14.4 Å². The number of hydrogen-bond donors (Lipinski definition) is 2. The number of amides is 1. The second-order valence-corrected chi connectivity index (χ2v) is 8.25. The molecule has 3 N–H and O–H groups in total. The van der Waals surface area contributed by atoms with Crippen LogP contribution in [-0.4, -0.2) is 41.5 Å². The molecule has 0 radical (unpaired) electrons. The van der Waals surface area contributed by atoms with E-state index in [4.69, 9.17) is 15.6 Å². The number of carbonyl (C=O) groups excluding carboxylic acids is 2. The van der Waals surface area contributed by atoms with E-state index in [1.165, 1.54) is 0 Å². The van der Waals surface area contributed by atoms with Crippen molar-refractivity contribution in [1.82, 2.24) is 0 Å². The fraction of sp³-hybridized carbons (Fsp3) is 0.375. The number of anilines is 1. The fourth-order valence-electron chi connectivity index (χ4n) is 3.80. The number of ketones is 1. The Labute approximate surface area is 181 Å². The van der Waals surface area contributed by atoms with Crippen molar-refractivity contribution in [2.24, 2.45) is 11.7 Å². The van der Waals surface area contributed by atoms with E-state index in [-0.39, 0.29) is 11.8 Å². The Bertz CT molecular complexity index is 987. The number of fused-ring (bicyclic) bond motifs is 1. The molecule has 1 aliphatic heterocycles. The van der Waals surface area contributed by atoms with Crippen LogP contribution in [0.1, 0.15) is 43.1 Å². The average molecular weight is 424 g/mol. The zero-order chi connectivity index (χ0) is 22.7. The number of benzene rings is 2. The van der Waals surface area contributed by atoms with Gasteiger partial charge in [-0.3, -0.25) is 14.4 Å². The number of rotatable bonds is 7. The number of carboxylic acids is 1. The van der Waals surface area contributed by atoms with Crippen molar-refractivity contribution in [3.05, 3.63) is 65.2 Å². The Kier molecular flexibility index (Phi) is 6.87. The Balaban J connectivity index is 2.10. The average Bonchev–Trinajstić information content (AvgIpc) is 2.84. The van der Waals surface area contributed by atoms with Crippen LogP contribution in [0.5, 0.6) is 0 Å². The van der Waals surface area contributed by atoms with E-state index in [1.54, 1.807) is 4.90 Å². The van der Waals surface area contributed by atoms with Gasteiger partial charge in [0, 0.05) is 24.2 Å². The number of nitrogens with zero attached hydrogens (tertiary/aromatic N) is 1. The van der Waals surface area contributed by atoms with Crippen LogP contribution in [0.15, 0.2) is 48.5 Å². The molecular weight excluding hydrogens is 396 g/mol. The SMILES string of the molecule is Cc1ccccc1C1OC(CC(=O)C(N)C(=O)O)C(=O)N(CC(C)C)c2ccccc21. The number of ether oxygens (including phenoxy) is 1. The molecule has 3 rings (SSSR count). The molecule has 7 nitrogen and oxygen atoms in total. The van der Waals surface area contributed by atoms with E-state index in [1.807, 2.05) is 69.3 Å². The minimum Gasteiger partial charge on any atom is -0.480 e. The highest BCUT2D eigenvalue weighted by molar-refractivity contribution is 6.06. The Morgan fingerprint density at radius 2 is 1.71 bits per heavy atom. The molecule has 0 aromatic heterocycles. The quantitative estimate of drug-likeness (QED) is 0.662. The molecule has 3 unspecified atom stereocenters. The lowest BCUT2D eigenvalue weighted by atomic mass is 9.95. The molecule has 164 valence electrons. The molecule has 1 amide bonds. The highest BCUT2D eigenvalue weighted by Crippen LogP contribution is 2.39. The van der Waals surface area contributed by atoms with Crippen molar-refractivity contribution >= 4 is 23.3 Å². The summed E-state index contributed by atoms with van der Waals surface area (Å²) in [5, 5.41) is 9.10. The number of aryl methyl sites for hydroxylation is 1. The van der Waals surface area contributed by atoms with Crippen LogP contribution in [0.2, 0.25) is 0 Å². The maximum atomic E-state index is 13.5. The van der Waals surface area contributed by atoms with Crippen LogP contribution in [0.25, 0.3) is 0 Å². The fourth-order valence-corrected chi connectivity index (χ4v) is 3.80. The summed E-state index contributed by atoms with van der Waals surface area (Å²) in [6.07, 6.45) is -2.14. The lowest BCUT2D eigenvalue weighted by Crippen LogP contribution is -2.46. The molecule has 31 heavy (non-hydrogen) atoms. The molecular formula is C24H28N2O5. The number of carbonyl (C=O) groups is 3. The first-order valence-electron chi connectivity index (χ1n) is 10.3. The Hall–Kier alpha value is -3.03. The molecule has 7 heteroatoms. The van der Waals surface area contributed by atoms with Gasteiger partial charge in [0.15, 0.2) is 11.8 Å². The first-order valence-corrected chi connectivity index (χ1v) is 10.3. The minimum absolute atomic E-state index is 0.171. The number of nitrogens with two attached hydrogens (primary N) is 1. The van der Waals surface area contributed by atoms with Crippen molar-refractivity contribution in [1.29, 1.82) is 0 Å². The summed E-state index contributed by atoms with van der Waals surface area (Å²) in [6.45, 7) is 6.40. The van der Waals surface area contributed by atoms with Gasteiger partial charge >= 0.3 is 5.97 Å². The number of carboxylic acid groups (broad SMARTS) is 1. The summed E-state index contributed by atoms with van der Waals surface area (Å²) in [5.41, 5.74) is 8.92. The lowest BCUT2D eigenvalue weighted by Gasteiger charge is -2.26. The molecule has 0 aliphatic carbocycles. The second kappa shape index (κ2) is 9.41. The van der Waals surface area contributed by atoms with E-state index in [2.05, 4.69) is 0 Å². The highest BCUT2D eigenvalue weighted by Gasteiger charge is 2.39. The van der Waals surface area contributed by atoms with E-state index in [0.717, 1.165) is 22.4 Å². The molecule has 0 saturated carbocycles. The van der Waals surface area contributed by atoms with Gasteiger partial charge in [-0.1, -0.05) is 56.3 Å². The van der Waals surface area contributed by atoms with Gasteiger partial charge in [0.05, 0.1) is 0 Å². The zero-order valence-corrected chi connectivity index (χ0v) is 17.9. The first-order chi connectivity index (χ1) is 14.7. The number of para-hydroxylation sites is 1. The van der Waals surface area contributed by atoms with Crippen molar-refractivity contribution < 1.29 is 24.2 Å². The van der Waals surface area contributed by atoms with Gasteiger partial charge in [-0.05, 0) is 30.0 Å². The van der Waals surface area contributed by atoms with Crippen molar-refractivity contribution in [3.8, 4) is 0 Å². The van der Waals surface area contributed by atoms with E-state index >= 15 is 0 Å². The maximum absolute atomic E-state index is 13.5. The van der Waals surface area contributed by atoms with Crippen LogP contribution in [0.3, 0.4) is 0 Å². The van der Waals surface area contributed by atoms with Crippen LogP contribution in [0, 0.1) is 12.8 Å². The summed E-state index contributed by atoms with van der Waals surface area (Å²) in [5.74, 6) is -2.37. The minimum atomic E-state index is -1.70. The third kappa shape index (κ3) is 4.84. The van der Waals surface area contributed by atoms with Crippen molar-refractivity contribution in [3.63, 3.8) is 0 Å². The Morgan fingerprint density at radius 1 is 1.10 bits per heavy atom. The number of Topliss-reactive ketones (excluding diaryl/α,β-unsaturated/α-hetero) is 1. The standard InChI is InChI=1S/C24H28N2O5/c1-14(2)13-26-18-11-7-6-10-17(18)22(16-9-5-4-8-15(16)3)31-20(23(26)28)12-19(27)21(25)24(29)30/h4-11,14,20-22H,12-13,25H2,1-3H3,(H,29,30). The van der Waals surface area contributed by atoms with Gasteiger partial charge in [-0.25, -0.2) is 0 Å². The molecule has 1 heterocycles. The topological polar surface area (TPSA) is 110 Å². The largest absolute Gasteiger partial charge is 0.480 e. The zero-order valence-electron chi connectivity index (χ0n) is 17.9. The molecule has 0 saturated heterocycles. The molecule has 3 atom stereocenters. The summed E-state index contributed by atoms with van der Waals surface area (Å²) in [4.78, 5) is 38.8. The molecule has 0 spiro atoms. The summed E-state index contributed by atoms with van der Waals surface area (Å²) in [7, 11) is 0. The Morgan fingerprint density at radius 3 is 2.32 bits per heavy atom. The van der Waals surface area contributed by atoms with E-state index in [0.29, 0.717) is 6.54 Å². The molecule has 2 aromatic rings. The summed E-state index contributed by atoms with van der Waals surface area (Å²) in [6, 6.07) is 13.5. The normalized spacial score (nSPS) is 19.6. The third-order valence-corrected chi connectivity index (χ3v) is 5.37. The van der Waals surface area contributed by atoms with Gasteiger partial charge in [-0.15, -0.1) is 0 Å². The molecule has 0 fully saturated rings. The predicted octanol–water partition coefficient (Wildman–Crippen LogP) is 2.84. The lowest BCUT2D eigenvalue weighted by molar-refractivity contribution is -0.145. The molecule has 1 aliphatic rings. The first kappa shape index (κ1) is 22.7. The van der Waals surface area contributed by atoms with Gasteiger partial charge in [0.25, 0.3) is 5.91 Å². The van der Waals surface area contributed by atoms with Gasteiger partial charge in [-0.2, -0.15) is 0 Å². The van der Waals surface area contributed by atoms with Gasteiger partial charge < -0.3 is 20.5 Å². The second-order valence-electron chi connectivity index (χ2n) is 8.25. The number of aliphatic carboxylic acids is 1. The number of hydrogen-bond acceptors (Lipinski definition) is 5. The molecule has 0 bridgehead atoms. The highest BCUT2D eigenvalue weighted by atomic mass is 16.5. The third-order valence-electron chi connectivity index (χ3n) is 5.37. The van der Waals surface area contributed by atoms with Crippen molar-refractivity contribution in [2.45, 2.75) is 45.4 Å². The van der Waals surface area contributed by atoms with Crippen LogP contribution in [-0.2, 0) is 19.1 Å². The summed E-state index contributed by atoms with van der Waals surface area (Å²) < 4.78 is 6.27. The van der Waals surface area contributed by atoms with Crippen LogP contribution in [0.4, 0.5) is 5.69 Å². The van der Waals surface area contributed by atoms with Gasteiger partial charge in [0.2, 0.25) is 0 Å². The monoisotopic (exact) mass is 424 g/mol. The van der Waals surface area contributed by atoms with Crippen LogP contribution < -0.4 is 10.6 Å². The smallest absolute Gasteiger partial charge is 0.328 e. The van der Waals surface area contributed by atoms with E-state index < -0.39 is 36.4 Å². The van der Waals surface area contributed by atoms with Crippen molar-refractivity contribution in [2.75, 3.05) is 11.4 Å². The van der Waals surface area contributed by atoms with Gasteiger partial charge in [0.1, 0.15) is 12.2 Å². The summed E-state index contributed by atoms with van der Waals surface area (Å²) >= 11 is 0. The predicted molar refractivity (Wildman–Crippen MR) is 117 cm³/mol. The molecule has 2 aromatic carbocycles. The maximum Gasteiger partial charge on any atom is 0.328 e. The van der Waals surface area contributed by atoms with Crippen LogP contribution >= 0.6 is 0 Å².